The average molecular weight is 466 g/mol. The van der Waals surface area contributed by atoms with E-state index < -0.39 is 0 Å². The van der Waals surface area contributed by atoms with Gasteiger partial charge in [0.2, 0.25) is 5.91 Å². The Labute approximate surface area is 194 Å². The van der Waals surface area contributed by atoms with E-state index in [1.165, 1.54) is 23.1 Å². The van der Waals surface area contributed by atoms with Crippen LogP contribution in [-0.2, 0) is 4.79 Å². The Hall–Kier alpha value is -3.10. The summed E-state index contributed by atoms with van der Waals surface area (Å²) in [6, 6.07) is 15.3. The number of nitrogens with zero attached hydrogens (tertiary/aromatic N) is 1. The number of hydrogen-bond acceptors (Lipinski definition) is 6. The Balaban J connectivity index is 1.43. The van der Waals surface area contributed by atoms with Gasteiger partial charge in [0, 0.05) is 16.6 Å². The Kier molecular flexibility index (Phi) is 6.62. The van der Waals surface area contributed by atoms with Gasteiger partial charge in [0.05, 0.1) is 17.2 Å². The van der Waals surface area contributed by atoms with Crippen LogP contribution in [0.4, 0.5) is 5.69 Å². The molecular weight excluding hydrogens is 442 g/mol. The molecule has 0 atom stereocenters. The van der Waals surface area contributed by atoms with Crippen molar-refractivity contribution in [1.29, 1.82) is 0 Å². The van der Waals surface area contributed by atoms with Gasteiger partial charge in [-0.25, -0.2) is 4.98 Å². The number of ether oxygens (including phenoxy) is 1. The van der Waals surface area contributed by atoms with Crippen LogP contribution in [0.15, 0.2) is 63.9 Å². The van der Waals surface area contributed by atoms with Crippen molar-refractivity contribution in [3.8, 4) is 16.9 Å². The second kappa shape index (κ2) is 9.58. The van der Waals surface area contributed by atoms with Gasteiger partial charge in [0.1, 0.15) is 10.6 Å². The fourth-order valence-electron chi connectivity index (χ4n) is 3.16. The SMILES string of the molecule is Cc1ccc(-c2csc3nc(SCC(=O)Nc4ccc(OC(C)C)cc4)[nH]c(=O)c23)cc1. The average Bonchev–Trinajstić information content (AvgIpc) is 3.18. The number of benzene rings is 2. The molecule has 1 amide bonds. The van der Waals surface area contributed by atoms with Crippen LogP contribution in [0.3, 0.4) is 0 Å². The van der Waals surface area contributed by atoms with Gasteiger partial charge in [-0.05, 0) is 50.6 Å². The van der Waals surface area contributed by atoms with Gasteiger partial charge in [-0.1, -0.05) is 41.6 Å². The summed E-state index contributed by atoms with van der Waals surface area (Å²) in [5.41, 5.74) is 3.51. The lowest BCUT2D eigenvalue weighted by Gasteiger charge is -2.10. The molecule has 6 nitrogen and oxygen atoms in total. The molecule has 8 heteroatoms. The highest BCUT2D eigenvalue weighted by atomic mass is 32.2. The molecule has 32 heavy (non-hydrogen) atoms. The van der Waals surface area contributed by atoms with Gasteiger partial charge in [-0.2, -0.15) is 0 Å². The molecule has 164 valence electrons. The predicted octanol–water partition coefficient (Wildman–Crippen LogP) is 5.48. The molecule has 2 aromatic carbocycles. The molecule has 0 aliphatic rings. The molecule has 0 saturated carbocycles. The molecule has 0 unspecified atom stereocenters. The molecule has 0 spiro atoms. The second-order valence-corrected chi connectivity index (χ2v) is 9.42. The van der Waals surface area contributed by atoms with Crippen LogP contribution >= 0.6 is 23.1 Å². The van der Waals surface area contributed by atoms with Crippen molar-refractivity contribution in [2.45, 2.75) is 32.0 Å². The van der Waals surface area contributed by atoms with Gasteiger partial charge in [-0.15, -0.1) is 11.3 Å². The maximum atomic E-state index is 12.8. The number of rotatable bonds is 7. The molecule has 0 saturated heterocycles. The maximum Gasteiger partial charge on any atom is 0.260 e. The van der Waals surface area contributed by atoms with Crippen molar-refractivity contribution in [3.63, 3.8) is 0 Å². The van der Waals surface area contributed by atoms with Gasteiger partial charge in [-0.3, -0.25) is 9.59 Å². The molecular formula is C24H23N3O3S2. The summed E-state index contributed by atoms with van der Waals surface area (Å²) in [6.07, 6.45) is 0.0927. The third-order valence-corrected chi connectivity index (χ3v) is 6.38. The number of amides is 1. The number of anilines is 1. The zero-order chi connectivity index (χ0) is 22.7. The number of nitrogens with one attached hydrogen (secondary N) is 2. The lowest BCUT2D eigenvalue weighted by atomic mass is 10.1. The molecule has 4 aromatic rings. The zero-order valence-electron chi connectivity index (χ0n) is 18.0. The Morgan fingerprint density at radius 1 is 1.16 bits per heavy atom. The van der Waals surface area contributed by atoms with E-state index in [1.807, 2.05) is 62.5 Å². The van der Waals surface area contributed by atoms with Crippen molar-refractivity contribution in [2.24, 2.45) is 0 Å². The molecule has 0 aliphatic carbocycles. The van der Waals surface area contributed by atoms with Crippen molar-refractivity contribution >= 4 is 44.9 Å². The van der Waals surface area contributed by atoms with Gasteiger partial charge >= 0.3 is 0 Å². The number of aromatic amines is 1. The first kappa shape index (κ1) is 22.1. The topological polar surface area (TPSA) is 84.1 Å². The smallest absolute Gasteiger partial charge is 0.260 e. The molecule has 0 aliphatic heterocycles. The van der Waals surface area contributed by atoms with Gasteiger partial charge in [0.25, 0.3) is 5.56 Å². The van der Waals surface area contributed by atoms with Gasteiger partial charge in [0.15, 0.2) is 5.16 Å². The van der Waals surface area contributed by atoms with Crippen LogP contribution in [0.2, 0.25) is 0 Å². The Bertz CT molecular complexity index is 1290. The monoisotopic (exact) mass is 465 g/mol. The molecule has 0 fully saturated rings. The quantitative estimate of drug-likeness (QED) is 0.279. The highest BCUT2D eigenvalue weighted by Crippen LogP contribution is 2.31. The zero-order valence-corrected chi connectivity index (χ0v) is 19.6. The number of thioether (sulfide) groups is 1. The number of carbonyl (C=O) groups excluding carboxylic acids is 1. The lowest BCUT2D eigenvalue weighted by Crippen LogP contribution is -2.15. The van der Waals surface area contributed by atoms with Crippen LogP contribution in [0.5, 0.6) is 5.75 Å². The molecule has 2 heterocycles. The highest BCUT2D eigenvalue weighted by Gasteiger charge is 2.14. The third-order valence-electron chi connectivity index (χ3n) is 4.63. The third kappa shape index (κ3) is 5.20. The van der Waals surface area contributed by atoms with Crippen LogP contribution in [0.25, 0.3) is 21.3 Å². The van der Waals surface area contributed by atoms with E-state index in [-0.39, 0.29) is 23.3 Å². The summed E-state index contributed by atoms with van der Waals surface area (Å²) in [6.45, 7) is 5.95. The fourth-order valence-corrected chi connectivity index (χ4v) is 4.83. The van der Waals surface area contributed by atoms with E-state index in [0.29, 0.717) is 21.1 Å². The van der Waals surface area contributed by atoms with Crippen LogP contribution < -0.4 is 15.6 Å². The molecule has 4 rings (SSSR count). The first-order valence-electron chi connectivity index (χ1n) is 10.2. The Morgan fingerprint density at radius 2 is 1.88 bits per heavy atom. The number of fused-ring (bicyclic) bond motifs is 1. The van der Waals surface area contributed by atoms with Crippen molar-refractivity contribution < 1.29 is 9.53 Å². The minimum Gasteiger partial charge on any atom is -0.491 e. The lowest BCUT2D eigenvalue weighted by molar-refractivity contribution is -0.113. The van der Waals surface area contributed by atoms with Crippen LogP contribution in [-0.4, -0.2) is 27.7 Å². The number of hydrogen-bond donors (Lipinski definition) is 2. The largest absolute Gasteiger partial charge is 0.491 e. The maximum absolute atomic E-state index is 12.8. The molecule has 2 aromatic heterocycles. The van der Waals surface area contributed by atoms with E-state index in [1.54, 1.807) is 12.1 Å². The first-order chi connectivity index (χ1) is 15.4. The van der Waals surface area contributed by atoms with E-state index in [9.17, 15) is 9.59 Å². The molecule has 0 bridgehead atoms. The van der Waals surface area contributed by atoms with E-state index >= 15 is 0 Å². The Morgan fingerprint density at radius 3 is 2.56 bits per heavy atom. The summed E-state index contributed by atoms with van der Waals surface area (Å²) in [5.74, 6) is 0.708. The van der Waals surface area contributed by atoms with E-state index in [4.69, 9.17) is 4.74 Å². The predicted molar refractivity (Wildman–Crippen MR) is 132 cm³/mol. The van der Waals surface area contributed by atoms with E-state index in [2.05, 4.69) is 15.3 Å². The molecule has 2 N–H and O–H groups in total. The number of aryl methyl sites for hydroxylation is 1. The standard InChI is InChI=1S/C24H23N3O3S2/c1-14(2)30-18-10-8-17(9-11-18)25-20(28)13-32-24-26-22(29)21-19(12-31-23(21)27-24)16-6-4-15(3)5-7-16/h4-12,14H,13H2,1-3H3,(H,25,28)(H,26,27,29). The summed E-state index contributed by atoms with van der Waals surface area (Å²) < 4.78 is 5.60. The number of carbonyl (C=O) groups is 1. The van der Waals surface area contributed by atoms with Crippen LogP contribution in [0, 0.1) is 6.92 Å². The first-order valence-corrected chi connectivity index (χ1v) is 12.0. The summed E-state index contributed by atoms with van der Waals surface area (Å²) >= 11 is 2.63. The minimum absolute atomic E-state index is 0.0927. The van der Waals surface area contributed by atoms with Gasteiger partial charge < -0.3 is 15.0 Å². The number of thiophene rings is 1. The summed E-state index contributed by atoms with van der Waals surface area (Å²) in [7, 11) is 0. The van der Waals surface area contributed by atoms with Crippen LogP contribution in [0.1, 0.15) is 19.4 Å². The van der Waals surface area contributed by atoms with E-state index in [0.717, 1.165) is 22.4 Å². The minimum atomic E-state index is -0.199. The van der Waals surface area contributed by atoms with Crippen molar-refractivity contribution in [1.82, 2.24) is 9.97 Å². The van der Waals surface area contributed by atoms with Crippen molar-refractivity contribution in [3.05, 3.63) is 69.8 Å². The number of aromatic nitrogens is 2. The summed E-state index contributed by atoms with van der Waals surface area (Å²) in [5, 5.41) is 5.80. The fraction of sp³-hybridized carbons (Fsp3) is 0.208. The number of H-pyrrole nitrogens is 1. The summed E-state index contributed by atoms with van der Waals surface area (Å²) in [4.78, 5) is 33.1. The second-order valence-electron chi connectivity index (χ2n) is 7.59. The normalized spacial score (nSPS) is 11.1. The molecule has 0 radical (unpaired) electrons. The van der Waals surface area contributed by atoms with Crippen molar-refractivity contribution in [2.75, 3.05) is 11.1 Å². The highest BCUT2D eigenvalue weighted by molar-refractivity contribution is 7.99.